The fourth-order valence-electron chi connectivity index (χ4n) is 3.16. The highest BCUT2D eigenvalue weighted by molar-refractivity contribution is 14.1. The van der Waals surface area contributed by atoms with Gasteiger partial charge in [-0.25, -0.2) is 5.43 Å². The maximum atomic E-state index is 12.2. The molecule has 0 aliphatic rings. The Morgan fingerprint density at radius 3 is 2.42 bits per heavy atom. The summed E-state index contributed by atoms with van der Waals surface area (Å²) >= 11 is 2.05. The van der Waals surface area contributed by atoms with Crippen LogP contribution in [0.5, 0.6) is 11.5 Å². The van der Waals surface area contributed by atoms with E-state index in [4.69, 9.17) is 9.47 Å². The first-order chi connectivity index (χ1) is 17.4. The van der Waals surface area contributed by atoms with E-state index >= 15 is 0 Å². The molecule has 0 fully saturated rings. The molecule has 10 heteroatoms. The molecule has 36 heavy (non-hydrogen) atoms. The van der Waals surface area contributed by atoms with Gasteiger partial charge in [-0.05, 0) is 70.5 Å². The third-order valence-electron chi connectivity index (χ3n) is 4.89. The summed E-state index contributed by atoms with van der Waals surface area (Å²) in [4.78, 5) is 36.5. The highest BCUT2D eigenvalue weighted by Gasteiger charge is 2.15. The minimum atomic E-state index is -0.900. The third kappa shape index (κ3) is 7.54. The minimum absolute atomic E-state index is 0.207. The van der Waals surface area contributed by atoms with Crippen molar-refractivity contribution < 1.29 is 23.9 Å². The number of halogens is 1. The summed E-state index contributed by atoms with van der Waals surface area (Å²) in [6.07, 6.45) is 2.09. The first-order valence-electron chi connectivity index (χ1n) is 11.0. The average Bonchev–Trinajstić information content (AvgIpc) is 2.88. The normalized spacial score (nSPS) is 10.5. The second-order valence-electron chi connectivity index (χ2n) is 7.40. The van der Waals surface area contributed by atoms with Gasteiger partial charge in [-0.3, -0.25) is 14.4 Å². The zero-order valence-corrected chi connectivity index (χ0v) is 21.9. The molecule has 3 aromatic carbocycles. The standard InChI is InChI=1S/C26H25IN4O5/c1-3-18-9-7-8-12-21(18)30-25(33)26(34)31-28-15-17-13-20(27)24(22(14-17)35-2)36-16-23(32)29-19-10-5-4-6-11-19/h4-15H,3,16H2,1-2H3,(H,29,32)(H,30,33)(H,31,34)/b28-15-. The van der Waals surface area contributed by atoms with Crippen molar-refractivity contribution in [3.63, 3.8) is 0 Å². The van der Waals surface area contributed by atoms with Gasteiger partial charge in [0, 0.05) is 11.4 Å². The van der Waals surface area contributed by atoms with E-state index < -0.39 is 11.8 Å². The summed E-state index contributed by atoms with van der Waals surface area (Å²) in [5, 5.41) is 9.20. The summed E-state index contributed by atoms with van der Waals surface area (Å²) in [6.45, 7) is 1.75. The number of nitrogens with zero attached hydrogens (tertiary/aromatic N) is 1. The van der Waals surface area contributed by atoms with Crippen LogP contribution in [-0.4, -0.2) is 37.7 Å². The lowest BCUT2D eigenvalue weighted by Crippen LogP contribution is -2.32. The number of hydrogen-bond acceptors (Lipinski definition) is 6. The Kier molecular flexibility index (Phi) is 9.81. The van der Waals surface area contributed by atoms with Gasteiger partial charge in [0.05, 0.1) is 16.9 Å². The van der Waals surface area contributed by atoms with Gasteiger partial charge in [0.1, 0.15) is 0 Å². The van der Waals surface area contributed by atoms with Gasteiger partial charge in [-0.2, -0.15) is 5.10 Å². The smallest absolute Gasteiger partial charge is 0.329 e. The van der Waals surface area contributed by atoms with Crippen molar-refractivity contribution in [1.29, 1.82) is 0 Å². The molecule has 0 bridgehead atoms. The van der Waals surface area contributed by atoms with Crippen molar-refractivity contribution in [2.75, 3.05) is 24.4 Å². The number of para-hydroxylation sites is 2. The number of ether oxygens (including phenoxy) is 2. The van der Waals surface area contributed by atoms with Crippen molar-refractivity contribution in [3.05, 3.63) is 81.4 Å². The zero-order chi connectivity index (χ0) is 25.9. The molecular weight excluding hydrogens is 575 g/mol. The Labute approximate surface area is 222 Å². The molecule has 0 spiro atoms. The number of amides is 3. The first kappa shape index (κ1) is 26.7. The highest BCUT2D eigenvalue weighted by atomic mass is 127. The molecule has 3 amide bonds. The second kappa shape index (κ2) is 13.2. The number of hydrogen-bond donors (Lipinski definition) is 3. The Morgan fingerprint density at radius 1 is 0.972 bits per heavy atom. The SMILES string of the molecule is CCc1ccccc1NC(=O)C(=O)N/N=C\c1cc(I)c(OCC(=O)Nc2ccccc2)c(OC)c1. The third-order valence-corrected chi connectivity index (χ3v) is 5.69. The molecule has 3 rings (SSSR count). The Hall–Kier alpha value is -3.93. The van der Waals surface area contributed by atoms with E-state index in [9.17, 15) is 14.4 Å². The van der Waals surface area contributed by atoms with Crippen molar-refractivity contribution in [2.45, 2.75) is 13.3 Å². The number of anilines is 2. The number of carbonyl (C=O) groups excluding carboxylic acids is 3. The number of carbonyl (C=O) groups is 3. The van der Waals surface area contributed by atoms with E-state index in [-0.39, 0.29) is 12.5 Å². The van der Waals surface area contributed by atoms with E-state index in [2.05, 4.69) is 43.8 Å². The summed E-state index contributed by atoms with van der Waals surface area (Å²) in [5.41, 5.74) is 4.98. The van der Waals surface area contributed by atoms with Crippen LogP contribution in [0.25, 0.3) is 0 Å². The van der Waals surface area contributed by atoms with Crippen molar-refractivity contribution in [2.24, 2.45) is 5.10 Å². The number of methoxy groups -OCH3 is 1. The van der Waals surface area contributed by atoms with Crippen LogP contribution in [0.4, 0.5) is 11.4 Å². The van der Waals surface area contributed by atoms with Crippen LogP contribution >= 0.6 is 22.6 Å². The number of aryl methyl sites for hydroxylation is 1. The summed E-state index contributed by atoms with van der Waals surface area (Å²) < 4.78 is 11.8. The molecule has 3 N–H and O–H groups in total. The van der Waals surface area contributed by atoms with E-state index in [1.54, 1.807) is 36.4 Å². The fraction of sp³-hybridized carbons (Fsp3) is 0.154. The predicted octanol–water partition coefficient (Wildman–Crippen LogP) is 3.97. The first-order valence-corrected chi connectivity index (χ1v) is 12.1. The van der Waals surface area contributed by atoms with Crippen LogP contribution in [0, 0.1) is 3.57 Å². The predicted molar refractivity (Wildman–Crippen MR) is 146 cm³/mol. The van der Waals surface area contributed by atoms with Crippen LogP contribution in [-0.2, 0) is 20.8 Å². The van der Waals surface area contributed by atoms with Gasteiger partial charge in [0.25, 0.3) is 5.91 Å². The van der Waals surface area contributed by atoms with E-state index in [0.29, 0.717) is 38.4 Å². The molecule has 0 radical (unpaired) electrons. The quantitative estimate of drug-likeness (QED) is 0.149. The number of benzene rings is 3. The summed E-state index contributed by atoms with van der Waals surface area (Å²) in [6, 6.07) is 19.7. The van der Waals surface area contributed by atoms with Crippen molar-refractivity contribution in [3.8, 4) is 11.5 Å². The van der Waals surface area contributed by atoms with E-state index in [0.717, 1.165) is 5.56 Å². The maximum absolute atomic E-state index is 12.2. The van der Waals surface area contributed by atoms with Crippen LogP contribution in [0.3, 0.4) is 0 Å². The fourth-order valence-corrected chi connectivity index (χ4v) is 3.94. The maximum Gasteiger partial charge on any atom is 0.329 e. The molecule has 3 aromatic rings. The number of nitrogens with one attached hydrogen (secondary N) is 3. The Balaban J connectivity index is 1.58. The monoisotopic (exact) mass is 600 g/mol. The topological polar surface area (TPSA) is 118 Å². The molecule has 0 atom stereocenters. The zero-order valence-electron chi connectivity index (χ0n) is 19.7. The molecule has 0 aliphatic carbocycles. The van der Waals surface area contributed by atoms with Gasteiger partial charge >= 0.3 is 11.8 Å². The van der Waals surface area contributed by atoms with Crippen molar-refractivity contribution in [1.82, 2.24) is 5.43 Å². The van der Waals surface area contributed by atoms with Gasteiger partial charge in [0.15, 0.2) is 18.1 Å². The molecule has 0 saturated carbocycles. The van der Waals surface area contributed by atoms with Crippen LogP contribution in [0.15, 0.2) is 71.8 Å². The van der Waals surface area contributed by atoms with Crippen LogP contribution in [0.1, 0.15) is 18.1 Å². The molecule has 0 heterocycles. The van der Waals surface area contributed by atoms with Gasteiger partial charge in [-0.1, -0.05) is 43.3 Å². The summed E-state index contributed by atoms with van der Waals surface area (Å²) in [5.74, 6) is -1.25. The van der Waals surface area contributed by atoms with E-state index in [1.807, 2.05) is 37.3 Å². The largest absolute Gasteiger partial charge is 0.493 e. The lowest BCUT2D eigenvalue weighted by molar-refractivity contribution is -0.136. The average molecular weight is 600 g/mol. The van der Waals surface area contributed by atoms with Crippen LogP contribution < -0.4 is 25.5 Å². The number of hydrazone groups is 1. The molecule has 9 nitrogen and oxygen atoms in total. The molecule has 0 aliphatic heterocycles. The Morgan fingerprint density at radius 2 is 1.69 bits per heavy atom. The Bertz CT molecular complexity index is 1260. The van der Waals surface area contributed by atoms with Gasteiger partial charge in [0.2, 0.25) is 0 Å². The minimum Gasteiger partial charge on any atom is -0.493 e. The van der Waals surface area contributed by atoms with Crippen molar-refractivity contribution >= 4 is 57.9 Å². The van der Waals surface area contributed by atoms with Gasteiger partial charge < -0.3 is 20.1 Å². The molecule has 0 aromatic heterocycles. The second-order valence-corrected chi connectivity index (χ2v) is 8.56. The molecule has 186 valence electrons. The molecule has 0 saturated heterocycles. The van der Waals surface area contributed by atoms with Gasteiger partial charge in [-0.15, -0.1) is 0 Å². The highest BCUT2D eigenvalue weighted by Crippen LogP contribution is 2.33. The van der Waals surface area contributed by atoms with E-state index in [1.165, 1.54) is 13.3 Å². The van der Waals surface area contributed by atoms with Crippen LogP contribution in [0.2, 0.25) is 0 Å². The number of rotatable bonds is 9. The summed E-state index contributed by atoms with van der Waals surface area (Å²) in [7, 11) is 1.48. The lowest BCUT2D eigenvalue weighted by Gasteiger charge is -2.13. The lowest BCUT2D eigenvalue weighted by atomic mass is 10.1. The molecular formula is C26H25IN4O5. The molecule has 0 unspecified atom stereocenters.